The number of piperazine rings is 1. The van der Waals surface area contributed by atoms with Crippen molar-refractivity contribution in [3.05, 3.63) is 47.8 Å². The Kier molecular flexibility index (Phi) is 6.35. The van der Waals surface area contributed by atoms with Gasteiger partial charge in [0.1, 0.15) is 6.04 Å². The Labute approximate surface area is 188 Å². The van der Waals surface area contributed by atoms with Gasteiger partial charge in [-0.05, 0) is 32.0 Å². The Morgan fingerprint density at radius 1 is 1.22 bits per heavy atom. The lowest BCUT2D eigenvalue weighted by atomic mass is 10.1. The smallest absolute Gasteiger partial charge is 0.256 e. The Hall–Kier alpha value is -3.47. The molecule has 1 atom stereocenters. The highest BCUT2D eigenvalue weighted by molar-refractivity contribution is 7.99. The summed E-state index contributed by atoms with van der Waals surface area (Å²) < 4.78 is 1.79. The third kappa shape index (κ3) is 4.72. The first-order valence-electron chi connectivity index (χ1n) is 10.2. The Bertz CT molecular complexity index is 1160. The summed E-state index contributed by atoms with van der Waals surface area (Å²) in [6, 6.07) is 10.0. The molecule has 0 aliphatic carbocycles. The summed E-state index contributed by atoms with van der Waals surface area (Å²) in [5.41, 5.74) is 2.39. The van der Waals surface area contributed by atoms with E-state index in [1.807, 2.05) is 38.1 Å². The van der Waals surface area contributed by atoms with Crippen molar-refractivity contribution >= 4 is 40.9 Å². The molecule has 1 saturated heterocycles. The van der Waals surface area contributed by atoms with Gasteiger partial charge in [0.05, 0.1) is 12.2 Å². The third-order valence-corrected chi connectivity index (χ3v) is 5.99. The van der Waals surface area contributed by atoms with Gasteiger partial charge in [-0.2, -0.15) is 0 Å². The molecule has 1 aliphatic heterocycles. The number of fused-ring (bicyclic) bond motifs is 1. The van der Waals surface area contributed by atoms with E-state index in [0.29, 0.717) is 29.7 Å². The molecule has 1 fully saturated rings. The van der Waals surface area contributed by atoms with Gasteiger partial charge in [0.2, 0.25) is 17.7 Å². The molecule has 32 heavy (non-hydrogen) atoms. The molecule has 4 rings (SSSR count). The molecule has 3 heterocycles. The van der Waals surface area contributed by atoms with Crippen molar-refractivity contribution in [3.63, 3.8) is 0 Å². The predicted molar refractivity (Wildman–Crippen MR) is 119 cm³/mol. The number of nitrogens with zero attached hydrogens (tertiary/aromatic N) is 5. The molecular formula is C21H23N7O3S. The van der Waals surface area contributed by atoms with Gasteiger partial charge in [0.15, 0.2) is 5.16 Å². The van der Waals surface area contributed by atoms with Crippen molar-refractivity contribution in [2.45, 2.75) is 31.5 Å². The molecule has 3 amide bonds. The molecule has 2 aromatic heterocycles. The van der Waals surface area contributed by atoms with E-state index in [4.69, 9.17) is 0 Å². The van der Waals surface area contributed by atoms with E-state index in [-0.39, 0.29) is 29.9 Å². The fourth-order valence-corrected chi connectivity index (χ4v) is 4.50. The monoisotopic (exact) mass is 453 g/mol. The molecule has 1 aromatic carbocycles. The number of amides is 3. The number of carbonyl (C=O) groups is 3. The van der Waals surface area contributed by atoms with Crippen LogP contribution in [-0.2, 0) is 14.4 Å². The molecule has 0 radical (unpaired) electrons. The lowest BCUT2D eigenvalue weighted by molar-refractivity contribution is -0.142. The van der Waals surface area contributed by atoms with Crippen LogP contribution in [0, 0.1) is 13.8 Å². The van der Waals surface area contributed by atoms with Crippen LogP contribution in [0.3, 0.4) is 0 Å². The van der Waals surface area contributed by atoms with Crippen LogP contribution in [0.5, 0.6) is 0 Å². The van der Waals surface area contributed by atoms with Crippen molar-refractivity contribution in [2.75, 3.05) is 24.2 Å². The molecule has 10 nitrogen and oxygen atoms in total. The summed E-state index contributed by atoms with van der Waals surface area (Å²) >= 11 is 1.23. The molecule has 0 spiro atoms. The maximum absolute atomic E-state index is 13.0. The van der Waals surface area contributed by atoms with Crippen LogP contribution in [0.1, 0.15) is 17.8 Å². The van der Waals surface area contributed by atoms with E-state index in [2.05, 4.69) is 25.8 Å². The van der Waals surface area contributed by atoms with Gasteiger partial charge < -0.3 is 15.5 Å². The van der Waals surface area contributed by atoms with Crippen molar-refractivity contribution in [3.8, 4) is 0 Å². The number of hydrogen-bond acceptors (Lipinski definition) is 7. The second kappa shape index (κ2) is 9.35. The number of aromatic nitrogens is 4. The molecule has 3 aromatic rings. The second-order valence-electron chi connectivity index (χ2n) is 7.46. The summed E-state index contributed by atoms with van der Waals surface area (Å²) in [5.74, 6) is -0.356. The molecule has 2 N–H and O–H groups in total. The summed E-state index contributed by atoms with van der Waals surface area (Å²) in [7, 11) is 0. The van der Waals surface area contributed by atoms with Crippen LogP contribution >= 0.6 is 11.8 Å². The zero-order valence-corrected chi connectivity index (χ0v) is 18.6. The maximum atomic E-state index is 13.0. The largest absolute Gasteiger partial charge is 0.353 e. The van der Waals surface area contributed by atoms with Crippen molar-refractivity contribution < 1.29 is 14.4 Å². The summed E-state index contributed by atoms with van der Waals surface area (Å²) in [5, 5.41) is 14.3. The van der Waals surface area contributed by atoms with Crippen LogP contribution in [0.2, 0.25) is 0 Å². The highest BCUT2D eigenvalue weighted by Gasteiger charge is 2.34. The topological polar surface area (TPSA) is 122 Å². The fraction of sp³-hybridized carbons (Fsp3) is 0.333. The van der Waals surface area contributed by atoms with E-state index >= 15 is 0 Å². The SMILES string of the molecule is Cc1cc(C)n2c(SCC(=O)N3CCNC(=O)[C@H]3CC(=O)Nc3ccccc3)nnc2n1. The fourth-order valence-electron chi connectivity index (χ4n) is 3.63. The highest BCUT2D eigenvalue weighted by Crippen LogP contribution is 2.20. The minimum atomic E-state index is -0.859. The number of para-hydroxylation sites is 1. The standard InChI is InChI=1S/C21H23N7O3S/c1-13-10-14(2)28-20(23-13)25-26-21(28)32-12-18(30)27-9-8-22-19(31)16(27)11-17(29)24-15-6-4-3-5-7-15/h3-7,10,16H,8-9,11-12H2,1-2H3,(H,22,31)(H,24,29)/t16-/m1/s1. The van der Waals surface area contributed by atoms with Crippen molar-refractivity contribution in [2.24, 2.45) is 0 Å². The number of anilines is 1. The molecule has 1 aliphatic rings. The zero-order chi connectivity index (χ0) is 22.7. The highest BCUT2D eigenvalue weighted by atomic mass is 32.2. The van der Waals surface area contributed by atoms with Crippen molar-refractivity contribution in [1.82, 2.24) is 29.8 Å². The van der Waals surface area contributed by atoms with Crippen molar-refractivity contribution in [1.29, 1.82) is 0 Å². The normalized spacial score (nSPS) is 16.1. The van der Waals surface area contributed by atoms with E-state index in [1.165, 1.54) is 16.7 Å². The van der Waals surface area contributed by atoms with Crippen LogP contribution in [0.15, 0.2) is 41.6 Å². The molecule has 166 valence electrons. The summed E-state index contributed by atoms with van der Waals surface area (Å²) in [4.78, 5) is 43.7. The first-order valence-corrected chi connectivity index (χ1v) is 11.1. The molecule has 11 heteroatoms. The number of carbonyl (C=O) groups excluding carboxylic acids is 3. The number of rotatable bonds is 6. The summed E-state index contributed by atoms with van der Waals surface area (Å²) in [6.07, 6.45) is -0.118. The second-order valence-corrected chi connectivity index (χ2v) is 8.40. The Balaban J connectivity index is 1.43. The van der Waals surface area contributed by atoms with Crippen LogP contribution in [0.25, 0.3) is 5.78 Å². The molecule has 0 saturated carbocycles. The van der Waals surface area contributed by atoms with E-state index < -0.39 is 6.04 Å². The maximum Gasteiger partial charge on any atom is 0.256 e. The minimum absolute atomic E-state index is 0.0677. The predicted octanol–water partition coefficient (Wildman–Crippen LogP) is 1.19. The van der Waals surface area contributed by atoms with E-state index in [1.54, 1.807) is 16.5 Å². The van der Waals surface area contributed by atoms with Gasteiger partial charge in [0.25, 0.3) is 5.78 Å². The minimum Gasteiger partial charge on any atom is -0.353 e. The Morgan fingerprint density at radius 2 is 2.00 bits per heavy atom. The number of nitrogens with one attached hydrogen (secondary N) is 2. The van der Waals surface area contributed by atoms with E-state index in [0.717, 1.165) is 11.4 Å². The number of benzene rings is 1. The molecule has 0 unspecified atom stereocenters. The first kappa shape index (κ1) is 21.8. The van der Waals surface area contributed by atoms with Crippen LogP contribution in [0.4, 0.5) is 5.69 Å². The number of hydrogen-bond donors (Lipinski definition) is 2. The molecular weight excluding hydrogens is 430 g/mol. The quantitative estimate of drug-likeness (QED) is 0.538. The first-order chi connectivity index (χ1) is 15.4. The van der Waals surface area contributed by atoms with E-state index in [9.17, 15) is 14.4 Å². The lowest BCUT2D eigenvalue weighted by Gasteiger charge is -2.34. The zero-order valence-electron chi connectivity index (χ0n) is 17.7. The number of aryl methyl sites for hydroxylation is 2. The number of thioether (sulfide) groups is 1. The van der Waals surface area contributed by atoms with Gasteiger partial charge in [-0.1, -0.05) is 30.0 Å². The van der Waals surface area contributed by atoms with Gasteiger partial charge in [-0.3, -0.25) is 18.8 Å². The third-order valence-electron chi connectivity index (χ3n) is 5.08. The van der Waals surface area contributed by atoms with Gasteiger partial charge >= 0.3 is 0 Å². The average molecular weight is 454 g/mol. The van der Waals surface area contributed by atoms with Gasteiger partial charge in [-0.25, -0.2) is 4.98 Å². The molecule has 0 bridgehead atoms. The summed E-state index contributed by atoms with van der Waals surface area (Å²) in [6.45, 7) is 4.50. The Morgan fingerprint density at radius 3 is 2.78 bits per heavy atom. The van der Waals surface area contributed by atoms with Gasteiger partial charge in [-0.15, -0.1) is 10.2 Å². The van der Waals surface area contributed by atoms with Crippen LogP contribution in [-0.4, -0.2) is 67.1 Å². The van der Waals surface area contributed by atoms with Crippen LogP contribution < -0.4 is 10.6 Å². The van der Waals surface area contributed by atoms with Gasteiger partial charge in [0, 0.05) is 30.2 Å². The average Bonchev–Trinajstić information content (AvgIpc) is 3.17. The lowest BCUT2D eigenvalue weighted by Crippen LogP contribution is -2.58.